The van der Waals surface area contributed by atoms with Crippen LogP contribution in [0.15, 0.2) is 36.5 Å². The quantitative estimate of drug-likeness (QED) is 0.661. The number of amides is 2. The van der Waals surface area contributed by atoms with Gasteiger partial charge in [0.05, 0.1) is 18.3 Å². The van der Waals surface area contributed by atoms with Crippen LogP contribution in [0.4, 0.5) is 10.5 Å². The van der Waals surface area contributed by atoms with Crippen LogP contribution in [0.3, 0.4) is 0 Å². The lowest BCUT2D eigenvalue weighted by atomic mass is 10.0. The molecule has 0 aliphatic rings. The number of carbonyl (C=O) groups is 1. The molecule has 2 aromatic rings. The van der Waals surface area contributed by atoms with Crippen LogP contribution in [0.2, 0.25) is 0 Å². The Morgan fingerprint density at radius 2 is 2.00 bits per heavy atom. The maximum atomic E-state index is 11.9. The van der Waals surface area contributed by atoms with Gasteiger partial charge in [-0.3, -0.25) is 5.10 Å². The summed E-state index contributed by atoms with van der Waals surface area (Å²) in [6.45, 7) is 4.04. The second-order valence-electron chi connectivity index (χ2n) is 5.66. The number of benzene rings is 1. The molecule has 1 aromatic heterocycles. The largest absolute Gasteiger partial charge is 0.394 e. The van der Waals surface area contributed by atoms with Gasteiger partial charge in [-0.15, -0.1) is 0 Å². The molecule has 0 saturated carbocycles. The van der Waals surface area contributed by atoms with E-state index >= 15 is 0 Å². The summed E-state index contributed by atoms with van der Waals surface area (Å²) < 4.78 is 0. The Labute approximate surface area is 129 Å². The number of nitrogens with zero attached hydrogens (tertiary/aromatic N) is 1. The predicted octanol–water partition coefficient (Wildman–Crippen LogP) is 2.61. The molecule has 2 rings (SSSR count). The highest BCUT2D eigenvalue weighted by Crippen LogP contribution is 2.18. The van der Waals surface area contributed by atoms with Gasteiger partial charge in [0.15, 0.2) is 0 Å². The Hall–Kier alpha value is -2.34. The third-order valence-electron chi connectivity index (χ3n) is 3.27. The molecule has 0 saturated heterocycles. The van der Waals surface area contributed by atoms with Crippen molar-refractivity contribution in [2.45, 2.75) is 26.3 Å². The van der Waals surface area contributed by atoms with E-state index in [1.54, 1.807) is 6.20 Å². The van der Waals surface area contributed by atoms with E-state index in [0.717, 1.165) is 17.7 Å². The highest BCUT2D eigenvalue weighted by Gasteiger charge is 2.13. The second kappa shape index (κ2) is 7.61. The summed E-state index contributed by atoms with van der Waals surface area (Å²) in [5, 5.41) is 21.6. The van der Waals surface area contributed by atoms with Gasteiger partial charge >= 0.3 is 6.03 Å². The van der Waals surface area contributed by atoms with Crippen LogP contribution < -0.4 is 10.6 Å². The molecule has 22 heavy (non-hydrogen) atoms. The minimum Gasteiger partial charge on any atom is -0.394 e. The van der Waals surface area contributed by atoms with Crippen LogP contribution in [0.1, 0.15) is 20.3 Å². The molecule has 4 N–H and O–H groups in total. The van der Waals surface area contributed by atoms with Crippen LogP contribution in [0.5, 0.6) is 0 Å². The van der Waals surface area contributed by atoms with Crippen LogP contribution in [0.25, 0.3) is 11.3 Å². The van der Waals surface area contributed by atoms with Gasteiger partial charge in [0.25, 0.3) is 0 Å². The number of carbonyl (C=O) groups excluding carboxylic acids is 1. The smallest absolute Gasteiger partial charge is 0.319 e. The van der Waals surface area contributed by atoms with E-state index in [4.69, 9.17) is 0 Å². The molecule has 0 bridgehead atoms. The predicted molar refractivity (Wildman–Crippen MR) is 86.5 cm³/mol. The van der Waals surface area contributed by atoms with Crippen molar-refractivity contribution in [1.82, 2.24) is 15.5 Å². The number of urea groups is 1. The number of rotatable bonds is 6. The summed E-state index contributed by atoms with van der Waals surface area (Å²) in [7, 11) is 0. The Balaban J connectivity index is 1.91. The van der Waals surface area contributed by atoms with Gasteiger partial charge in [-0.25, -0.2) is 4.79 Å². The minimum atomic E-state index is -0.311. The first-order valence-corrected chi connectivity index (χ1v) is 7.36. The van der Waals surface area contributed by atoms with Crippen molar-refractivity contribution in [3.63, 3.8) is 0 Å². The van der Waals surface area contributed by atoms with Gasteiger partial charge in [0.1, 0.15) is 0 Å². The van der Waals surface area contributed by atoms with Gasteiger partial charge in [0, 0.05) is 11.9 Å². The lowest BCUT2D eigenvalue weighted by molar-refractivity contribution is 0.214. The Bertz CT molecular complexity index is 579. The summed E-state index contributed by atoms with van der Waals surface area (Å²) in [6, 6.07) is 8.80. The molecule has 1 aromatic carbocycles. The maximum absolute atomic E-state index is 11.9. The Morgan fingerprint density at radius 1 is 1.27 bits per heavy atom. The minimum absolute atomic E-state index is 0.0651. The van der Waals surface area contributed by atoms with Crippen LogP contribution in [0, 0.1) is 5.92 Å². The first-order chi connectivity index (χ1) is 10.6. The SMILES string of the molecule is CC(C)CC(CO)NC(=O)Nc1ccc(-c2ccn[nH]2)cc1. The molecule has 0 aliphatic heterocycles. The van der Waals surface area contributed by atoms with Crippen molar-refractivity contribution in [2.24, 2.45) is 5.92 Å². The molecule has 6 heteroatoms. The Morgan fingerprint density at radius 3 is 2.55 bits per heavy atom. The number of hydrogen-bond donors (Lipinski definition) is 4. The zero-order valence-corrected chi connectivity index (χ0v) is 12.8. The number of aliphatic hydroxyl groups excluding tert-OH is 1. The average Bonchev–Trinajstić information content (AvgIpc) is 3.01. The molecule has 1 unspecified atom stereocenters. The summed E-state index contributed by atoms with van der Waals surface area (Å²) >= 11 is 0. The molecule has 1 atom stereocenters. The van der Waals surface area contributed by atoms with Gasteiger partial charge < -0.3 is 15.7 Å². The van der Waals surface area contributed by atoms with Crippen LogP contribution >= 0.6 is 0 Å². The fourth-order valence-corrected chi connectivity index (χ4v) is 2.25. The van der Waals surface area contributed by atoms with E-state index in [1.165, 1.54) is 0 Å². The lowest BCUT2D eigenvalue weighted by Crippen LogP contribution is -2.40. The van der Waals surface area contributed by atoms with Crippen molar-refractivity contribution < 1.29 is 9.90 Å². The highest BCUT2D eigenvalue weighted by molar-refractivity contribution is 5.89. The molecule has 0 radical (unpaired) electrons. The summed E-state index contributed by atoms with van der Waals surface area (Å²) in [6.07, 6.45) is 2.43. The third kappa shape index (κ3) is 4.60. The van der Waals surface area contributed by atoms with Crippen molar-refractivity contribution in [3.05, 3.63) is 36.5 Å². The second-order valence-corrected chi connectivity index (χ2v) is 5.66. The first kappa shape index (κ1) is 16.0. The number of nitrogens with one attached hydrogen (secondary N) is 3. The average molecular weight is 302 g/mol. The van der Waals surface area contributed by atoms with Crippen molar-refractivity contribution >= 4 is 11.7 Å². The number of anilines is 1. The summed E-state index contributed by atoms with van der Waals surface area (Å²) in [5.41, 5.74) is 2.62. The van der Waals surface area contributed by atoms with E-state index in [0.29, 0.717) is 11.6 Å². The Kier molecular flexibility index (Phi) is 5.55. The van der Waals surface area contributed by atoms with Crippen LogP contribution in [-0.2, 0) is 0 Å². The number of aromatic amines is 1. The molecule has 0 fully saturated rings. The van der Waals surface area contributed by atoms with E-state index < -0.39 is 0 Å². The molecule has 0 spiro atoms. The summed E-state index contributed by atoms with van der Waals surface area (Å²) in [5.74, 6) is 0.408. The molecule has 2 amide bonds. The monoisotopic (exact) mass is 302 g/mol. The number of H-pyrrole nitrogens is 1. The van der Waals surface area contributed by atoms with Crippen molar-refractivity contribution in [2.75, 3.05) is 11.9 Å². The highest BCUT2D eigenvalue weighted by atomic mass is 16.3. The number of aromatic nitrogens is 2. The van der Waals surface area contributed by atoms with Gasteiger partial charge in [-0.1, -0.05) is 26.0 Å². The zero-order chi connectivity index (χ0) is 15.9. The fourth-order valence-electron chi connectivity index (χ4n) is 2.25. The molecular formula is C16H22N4O2. The molecule has 118 valence electrons. The van der Waals surface area contributed by atoms with E-state index in [-0.39, 0.29) is 18.7 Å². The lowest BCUT2D eigenvalue weighted by Gasteiger charge is -2.18. The van der Waals surface area contributed by atoms with Crippen molar-refractivity contribution in [3.8, 4) is 11.3 Å². The topological polar surface area (TPSA) is 90.0 Å². The van der Waals surface area contributed by atoms with E-state index in [1.807, 2.05) is 30.3 Å². The zero-order valence-electron chi connectivity index (χ0n) is 12.8. The van der Waals surface area contributed by atoms with E-state index in [9.17, 15) is 9.90 Å². The van der Waals surface area contributed by atoms with E-state index in [2.05, 4.69) is 34.7 Å². The van der Waals surface area contributed by atoms with Crippen LogP contribution in [-0.4, -0.2) is 34.0 Å². The maximum Gasteiger partial charge on any atom is 0.319 e. The molecular weight excluding hydrogens is 280 g/mol. The summed E-state index contributed by atoms with van der Waals surface area (Å²) in [4.78, 5) is 11.9. The molecule has 0 aliphatic carbocycles. The molecule has 6 nitrogen and oxygen atoms in total. The van der Waals surface area contributed by atoms with Gasteiger partial charge in [0.2, 0.25) is 0 Å². The fraction of sp³-hybridized carbons (Fsp3) is 0.375. The normalized spacial score (nSPS) is 12.2. The number of aliphatic hydroxyl groups is 1. The standard InChI is InChI=1S/C16H22N4O2/c1-11(2)9-14(10-21)19-16(22)18-13-5-3-12(4-6-13)15-7-8-17-20-15/h3-8,11,14,21H,9-10H2,1-2H3,(H,17,20)(H2,18,19,22). The van der Waals surface area contributed by atoms with Crippen molar-refractivity contribution in [1.29, 1.82) is 0 Å². The number of hydrogen-bond acceptors (Lipinski definition) is 3. The molecule has 1 heterocycles. The van der Waals surface area contributed by atoms with Gasteiger partial charge in [-0.05, 0) is 36.1 Å². The first-order valence-electron chi connectivity index (χ1n) is 7.36. The third-order valence-corrected chi connectivity index (χ3v) is 3.27. The van der Waals surface area contributed by atoms with Gasteiger partial charge in [-0.2, -0.15) is 5.10 Å².